The number of anilines is 1. The SMILES string of the molecule is NC(=O)CNS(=O)(=O)c1ccc(N)c(F)c1. The number of carbonyl (C=O) groups excluding carboxylic acids is 1. The highest BCUT2D eigenvalue weighted by atomic mass is 32.2. The molecule has 0 aliphatic heterocycles. The lowest BCUT2D eigenvalue weighted by Crippen LogP contribution is -2.33. The number of nitrogen functional groups attached to an aromatic ring is 1. The van der Waals surface area contributed by atoms with E-state index in [9.17, 15) is 17.6 Å². The number of sulfonamides is 1. The number of rotatable bonds is 4. The van der Waals surface area contributed by atoms with E-state index in [1.165, 1.54) is 0 Å². The largest absolute Gasteiger partial charge is 0.396 e. The maximum atomic E-state index is 13.0. The molecule has 0 atom stereocenters. The van der Waals surface area contributed by atoms with Crippen molar-refractivity contribution in [3.63, 3.8) is 0 Å². The highest BCUT2D eigenvalue weighted by Crippen LogP contribution is 2.15. The first-order chi connectivity index (χ1) is 7.33. The number of carbonyl (C=O) groups is 1. The lowest BCUT2D eigenvalue weighted by Gasteiger charge is -2.05. The summed E-state index contributed by atoms with van der Waals surface area (Å²) < 4.78 is 37.9. The van der Waals surface area contributed by atoms with Crippen molar-refractivity contribution in [3.05, 3.63) is 24.0 Å². The Hall–Kier alpha value is -1.67. The molecule has 6 nitrogen and oxygen atoms in total. The first kappa shape index (κ1) is 12.4. The van der Waals surface area contributed by atoms with Crippen molar-refractivity contribution in [2.45, 2.75) is 4.90 Å². The molecule has 0 saturated carbocycles. The maximum absolute atomic E-state index is 13.0. The molecule has 0 aliphatic rings. The van der Waals surface area contributed by atoms with Gasteiger partial charge >= 0.3 is 0 Å². The lowest BCUT2D eigenvalue weighted by atomic mass is 10.3. The van der Waals surface area contributed by atoms with Crippen LogP contribution < -0.4 is 16.2 Å². The van der Waals surface area contributed by atoms with Crippen molar-refractivity contribution >= 4 is 21.6 Å². The average molecular weight is 247 g/mol. The Morgan fingerprint density at radius 1 is 1.44 bits per heavy atom. The third-order valence-electron chi connectivity index (χ3n) is 1.72. The minimum Gasteiger partial charge on any atom is -0.396 e. The van der Waals surface area contributed by atoms with Crippen LogP contribution in [0, 0.1) is 5.82 Å². The molecule has 1 rings (SSSR count). The van der Waals surface area contributed by atoms with Gasteiger partial charge in [-0.2, -0.15) is 0 Å². The van der Waals surface area contributed by atoms with Crippen LogP contribution in [0.5, 0.6) is 0 Å². The zero-order chi connectivity index (χ0) is 12.3. The standard InChI is InChI=1S/C8H10FN3O3S/c9-6-3-5(1-2-7(6)10)16(14,15)12-4-8(11)13/h1-3,12H,4,10H2,(H2,11,13). The number of halogens is 1. The van der Waals surface area contributed by atoms with Crippen LogP contribution in [0.2, 0.25) is 0 Å². The number of hydrogen-bond acceptors (Lipinski definition) is 4. The highest BCUT2D eigenvalue weighted by molar-refractivity contribution is 7.89. The van der Waals surface area contributed by atoms with E-state index >= 15 is 0 Å². The van der Waals surface area contributed by atoms with Crippen molar-refractivity contribution in [2.24, 2.45) is 5.73 Å². The molecule has 0 radical (unpaired) electrons. The van der Waals surface area contributed by atoms with Crippen LogP contribution in [0.4, 0.5) is 10.1 Å². The van der Waals surface area contributed by atoms with Gasteiger partial charge in [-0.3, -0.25) is 4.79 Å². The van der Waals surface area contributed by atoms with Crippen LogP contribution in [0.3, 0.4) is 0 Å². The number of amides is 1. The Labute approximate surface area is 91.5 Å². The molecule has 0 fully saturated rings. The van der Waals surface area contributed by atoms with Gasteiger partial charge in [0.2, 0.25) is 15.9 Å². The number of hydrogen-bond donors (Lipinski definition) is 3. The molecule has 0 aromatic heterocycles. The van der Waals surface area contributed by atoms with Gasteiger partial charge in [0.05, 0.1) is 17.1 Å². The van der Waals surface area contributed by atoms with Gasteiger partial charge in [-0.05, 0) is 18.2 Å². The predicted octanol–water partition coefficient (Wildman–Crippen LogP) is -0.828. The fourth-order valence-corrected chi connectivity index (χ4v) is 1.93. The number of primary amides is 1. The molecule has 8 heteroatoms. The van der Waals surface area contributed by atoms with E-state index in [0.717, 1.165) is 18.2 Å². The van der Waals surface area contributed by atoms with Crippen LogP contribution in [-0.2, 0) is 14.8 Å². The molecule has 16 heavy (non-hydrogen) atoms. The second-order valence-corrected chi connectivity index (χ2v) is 4.74. The zero-order valence-corrected chi connectivity index (χ0v) is 8.92. The predicted molar refractivity (Wildman–Crippen MR) is 55.2 cm³/mol. The Morgan fingerprint density at radius 3 is 2.56 bits per heavy atom. The van der Waals surface area contributed by atoms with Crippen molar-refractivity contribution < 1.29 is 17.6 Å². The summed E-state index contributed by atoms with van der Waals surface area (Å²) in [5.41, 5.74) is 9.80. The topological polar surface area (TPSA) is 115 Å². The Morgan fingerprint density at radius 2 is 2.06 bits per heavy atom. The minimum absolute atomic E-state index is 0.158. The van der Waals surface area contributed by atoms with E-state index in [4.69, 9.17) is 11.5 Å². The molecular formula is C8H10FN3O3S. The molecule has 5 N–H and O–H groups in total. The van der Waals surface area contributed by atoms with Crippen molar-refractivity contribution in [1.82, 2.24) is 4.72 Å². The van der Waals surface area contributed by atoms with E-state index in [2.05, 4.69) is 0 Å². The van der Waals surface area contributed by atoms with Gasteiger partial charge in [-0.15, -0.1) is 0 Å². The monoisotopic (exact) mass is 247 g/mol. The molecule has 0 aliphatic carbocycles. The van der Waals surface area contributed by atoms with Crippen molar-refractivity contribution in [2.75, 3.05) is 12.3 Å². The van der Waals surface area contributed by atoms with Gasteiger partial charge in [0.25, 0.3) is 0 Å². The lowest BCUT2D eigenvalue weighted by molar-refractivity contribution is -0.116. The summed E-state index contributed by atoms with van der Waals surface area (Å²) in [6.45, 7) is -0.547. The highest BCUT2D eigenvalue weighted by Gasteiger charge is 2.15. The van der Waals surface area contributed by atoms with Gasteiger partial charge in [0.15, 0.2) is 0 Å². The molecule has 1 aromatic carbocycles. The van der Waals surface area contributed by atoms with Gasteiger partial charge in [-0.25, -0.2) is 17.5 Å². The van der Waals surface area contributed by atoms with Gasteiger partial charge < -0.3 is 11.5 Å². The molecule has 88 valence electrons. The fourth-order valence-electron chi connectivity index (χ4n) is 0.924. The first-order valence-electron chi connectivity index (χ1n) is 4.16. The average Bonchev–Trinajstić information content (AvgIpc) is 2.19. The van der Waals surface area contributed by atoms with Crippen LogP contribution in [-0.4, -0.2) is 20.9 Å². The van der Waals surface area contributed by atoms with E-state index in [-0.39, 0.29) is 10.6 Å². The van der Waals surface area contributed by atoms with E-state index in [0.29, 0.717) is 0 Å². The summed E-state index contributed by atoms with van der Waals surface area (Å²) in [5, 5.41) is 0. The summed E-state index contributed by atoms with van der Waals surface area (Å²) >= 11 is 0. The molecule has 0 spiro atoms. The second kappa shape index (κ2) is 4.45. The smallest absolute Gasteiger partial charge is 0.241 e. The Balaban J connectivity index is 2.99. The third kappa shape index (κ3) is 2.91. The third-order valence-corrected chi connectivity index (χ3v) is 3.12. The summed E-state index contributed by atoms with van der Waals surface area (Å²) in [6, 6.07) is 3.01. The maximum Gasteiger partial charge on any atom is 0.241 e. The van der Waals surface area contributed by atoms with Crippen LogP contribution in [0.1, 0.15) is 0 Å². The van der Waals surface area contributed by atoms with Gasteiger partial charge in [0, 0.05) is 0 Å². The number of nitrogens with two attached hydrogens (primary N) is 2. The van der Waals surface area contributed by atoms with Crippen LogP contribution in [0.25, 0.3) is 0 Å². The Bertz CT molecular complexity index is 515. The van der Waals surface area contributed by atoms with E-state index in [1.807, 2.05) is 4.72 Å². The van der Waals surface area contributed by atoms with Crippen molar-refractivity contribution in [3.8, 4) is 0 Å². The molecule has 1 amide bonds. The first-order valence-corrected chi connectivity index (χ1v) is 5.64. The van der Waals surface area contributed by atoms with Gasteiger partial charge in [0.1, 0.15) is 5.82 Å². The molecule has 0 saturated heterocycles. The summed E-state index contributed by atoms with van der Waals surface area (Å²) in [5.74, 6) is -1.68. The second-order valence-electron chi connectivity index (χ2n) is 2.97. The van der Waals surface area contributed by atoms with E-state index < -0.39 is 28.3 Å². The van der Waals surface area contributed by atoms with Crippen molar-refractivity contribution in [1.29, 1.82) is 0 Å². The zero-order valence-electron chi connectivity index (χ0n) is 8.10. The Kier molecular flexibility index (Phi) is 3.45. The quantitative estimate of drug-likeness (QED) is 0.602. The summed E-state index contributed by atoms with van der Waals surface area (Å²) in [6.07, 6.45) is 0. The minimum atomic E-state index is -3.94. The molecule has 0 unspecified atom stereocenters. The normalized spacial score (nSPS) is 11.3. The summed E-state index contributed by atoms with van der Waals surface area (Å²) in [4.78, 5) is 10.1. The molecular weight excluding hydrogens is 237 g/mol. The van der Waals surface area contributed by atoms with Crippen LogP contribution in [0.15, 0.2) is 23.1 Å². The van der Waals surface area contributed by atoms with Gasteiger partial charge in [-0.1, -0.05) is 0 Å². The number of benzene rings is 1. The number of nitrogens with one attached hydrogen (secondary N) is 1. The molecule has 0 bridgehead atoms. The fraction of sp³-hybridized carbons (Fsp3) is 0.125. The molecule has 1 aromatic rings. The molecule has 0 heterocycles. The van der Waals surface area contributed by atoms with Crippen LogP contribution >= 0.6 is 0 Å². The van der Waals surface area contributed by atoms with E-state index in [1.54, 1.807) is 0 Å². The summed E-state index contributed by atoms with van der Waals surface area (Å²) in [7, 11) is -3.94.